The van der Waals surface area contributed by atoms with Crippen LogP contribution in [0, 0.1) is 5.92 Å². The molecule has 1 amide bonds. The van der Waals surface area contributed by atoms with Crippen molar-refractivity contribution in [1.82, 2.24) is 9.88 Å². The third kappa shape index (κ3) is 3.81. The first kappa shape index (κ1) is 15.9. The van der Waals surface area contributed by atoms with E-state index in [0.29, 0.717) is 11.4 Å². The standard InChI is InChI=1S/C15H22N2O3S/c1-10-6-5-7-17(13(18)11-8-16-9-21-11)12(10)14(19)20-15(2,3)4/h8-10,12H,5-7H2,1-4H3/t10-,12-/m1/s1. The van der Waals surface area contributed by atoms with Crippen LogP contribution in [0.1, 0.15) is 50.2 Å². The maximum absolute atomic E-state index is 12.6. The van der Waals surface area contributed by atoms with Crippen molar-refractivity contribution >= 4 is 23.2 Å². The van der Waals surface area contributed by atoms with Gasteiger partial charge in [0.1, 0.15) is 16.5 Å². The molecule has 2 rings (SSSR count). The van der Waals surface area contributed by atoms with Gasteiger partial charge in [0.15, 0.2) is 0 Å². The number of ether oxygens (including phenoxy) is 1. The van der Waals surface area contributed by atoms with Crippen LogP contribution >= 0.6 is 11.3 Å². The fourth-order valence-electron chi connectivity index (χ4n) is 2.60. The topological polar surface area (TPSA) is 59.5 Å². The van der Waals surface area contributed by atoms with Crippen molar-refractivity contribution in [2.75, 3.05) is 6.54 Å². The van der Waals surface area contributed by atoms with Crippen molar-refractivity contribution in [3.8, 4) is 0 Å². The molecule has 1 saturated heterocycles. The molecule has 0 N–H and O–H groups in total. The van der Waals surface area contributed by atoms with Crippen LogP contribution in [0.5, 0.6) is 0 Å². The predicted octanol–water partition coefficient (Wildman–Crippen LogP) is 2.73. The van der Waals surface area contributed by atoms with E-state index in [2.05, 4.69) is 4.98 Å². The zero-order chi connectivity index (χ0) is 15.6. The summed E-state index contributed by atoms with van der Waals surface area (Å²) < 4.78 is 5.50. The van der Waals surface area contributed by atoms with Crippen molar-refractivity contribution < 1.29 is 14.3 Å². The quantitative estimate of drug-likeness (QED) is 0.788. The number of hydrogen-bond donors (Lipinski definition) is 0. The summed E-state index contributed by atoms with van der Waals surface area (Å²) in [7, 11) is 0. The Bertz CT molecular complexity index is 507. The van der Waals surface area contributed by atoms with E-state index >= 15 is 0 Å². The van der Waals surface area contributed by atoms with Crippen LogP contribution in [0.15, 0.2) is 11.7 Å². The summed E-state index contributed by atoms with van der Waals surface area (Å²) in [4.78, 5) is 31.2. The van der Waals surface area contributed by atoms with Gasteiger partial charge in [-0.15, -0.1) is 11.3 Å². The molecule has 0 bridgehead atoms. The number of hydrogen-bond acceptors (Lipinski definition) is 5. The second-order valence-electron chi connectivity index (χ2n) is 6.46. The highest BCUT2D eigenvalue weighted by atomic mass is 32.1. The first-order valence-electron chi connectivity index (χ1n) is 7.22. The van der Waals surface area contributed by atoms with Crippen LogP contribution < -0.4 is 0 Å². The first-order chi connectivity index (χ1) is 9.79. The Kier molecular flexibility index (Phi) is 4.66. The maximum atomic E-state index is 12.6. The molecule has 0 aliphatic carbocycles. The maximum Gasteiger partial charge on any atom is 0.329 e. The smallest absolute Gasteiger partial charge is 0.329 e. The summed E-state index contributed by atoms with van der Waals surface area (Å²) in [6.07, 6.45) is 3.39. The number of aromatic nitrogens is 1. The number of esters is 1. The average molecular weight is 310 g/mol. The molecule has 1 aromatic heterocycles. The lowest BCUT2D eigenvalue weighted by molar-refractivity contribution is -0.163. The summed E-state index contributed by atoms with van der Waals surface area (Å²) in [6, 6.07) is -0.507. The summed E-state index contributed by atoms with van der Waals surface area (Å²) in [6.45, 7) is 8.11. The summed E-state index contributed by atoms with van der Waals surface area (Å²) in [5, 5.41) is 0. The third-order valence-electron chi connectivity index (χ3n) is 3.49. The largest absolute Gasteiger partial charge is 0.458 e. The molecule has 116 valence electrons. The number of rotatable bonds is 2. The molecule has 0 unspecified atom stereocenters. The SMILES string of the molecule is C[C@@H]1CCCN(C(=O)c2cncs2)[C@H]1C(=O)OC(C)(C)C. The number of likely N-dealkylation sites (tertiary alicyclic amines) is 1. The Balaban J connectivity index is 2.21. The van der Waals surface area contributed by atoms with E-state index in [9.17, 15) is 9.59 Å². The second-order valence-corrected chi connectivity index (χ2v) is 7.35. The fourth-order valence-corrected chi connectivity index (χ4v) is 3.18. The van der Waals surface area contributed by atoms with Crippen LogP contribution in [0.3, 0.4) is 0 Å². The minimum absolute atomic E-state index is 0.102. The van der Waals surface area contributed by atoms with Gasteiger partial charge in [-0.25, -0.2) is 4.79 Å². The molecule has 21 heavy (non-hydrogen) atoms. The predicted molar refractivity (Wildman–Crippen MR) is 81.2 cm³/mol. The molecule has 0 radical (unpaired) electrons. The average Bonchev–Trinajstić information content (AvgIpc) is 2.89. The molecule has 2 atom stereocenters. The molecule has 2 heterocycles. The van der Waals surface area contributed by atoms with Crippen LogP contribution in [0.25, 0.3) is 0 Å². The second kappa shape index (κ2) is 6.13. The van der Waals surface area contributed by atoms with Gasteiger partial charge >= 0.3 is 5.97 Å². The Labute approximate surface area is 129 Å². The van der Waals surface area contributed by atoms with Crippen molar-refractivity contribution in [1.29, 1.82) is 0 Å². The van der Waals surface area contributed by atoms with Crippen molar-refractivity contribution in [3.05, 3.63) is 16.6 Å². The van der Waals surface area contributed by atoms with E-state index in [1.807, 2.05) is 27.7 Å². The van der Waals surface area contributed by atoms with Gasteiger partial charge in [0.25, 0.3) is 5.91 Å². The van der Waals surface area contributed by atoms with Gasteiger partial charge in [-0.1, -0.05) is 6.92 Å². The number of carbonyl (C=O) groups excluding carboxylic acids is 2. The van der Waals surface area contributed by atoms with Crippen molar-refractivity contribution in [3.63, 3.8) is 0 Å². The highest BCUT2D eigenvalue weighted by Gasteiger charge is 2.40. The Morgan fingerprint density at radius 2 is 2.14 bits per heavy atom. The normalized spacial score (nSPS) is 23.0. The third-order valence-corrected chi connectivity index (χ3v) is 4.25. The molecule has 1 aromatic rings. The monoisotopic (exact) mass is 310 g/mol. The molecule has 0 saturated carbocycles. The Morgan fingerprint density at radius 3 is 2.71 bits per heavy atom. The molecule has 1 fully saturated rings. The molecule has 0 aromatic carbocycles. The summed E-state index contributed by atoms with van der Waals surface area (Å²) in [5.74, 6) is -0.335. The number of thiazole rings is 1. The van der Waals surface area contributed by atoms with Gasteiger partial charge in [-0.3, -0.25) is 9.78 Å². The highest BCUT2D eigenvalue weighted by Crippen LogP contribution is 2.27. The van der Waals surface area contributed by atoms with Crippen LogP contribution in [-0.2, 0) is 9.53 Å². The van der Waals surface area contributed by atoms with Crippen molar-refractivity contribution in [2.45, 2.75) is 52.2 Å². The highest BCUT2D eigenvalue weighted by molar-refractivity contribution is 7.11. The zero-order valence-electron chi connectivity index (χ0n) is 13.0. The number of piperidine rings is 1. The van der Waals surface area contributed by atoms with Gasteiger partial charge in [0, 0.05) is 6.54 Å². The van der Waals surface area contributed by atoms with Gasteiger partial charge in [0.05, 0.1) is 11.7 Å². The summed E-state index contributed by atoms with van der Waals surface area (Å²) in [5.41, 5.74) is 1.08. The molecular weight excluding hydrogens is 288 g/mol. The Hall–Kier alpha value is -1.43. The lowest BCUT2D eigenvalue weighted by atomic mass is 9.90. The molecule has 0 spiro atoms. The van der Waals surface area contributed by atoms with Crippen molar-refractivity contribution in [2.24, 2.45) is 5.92 Å². The van der Waals surface area contributed by atoms with Gasteiger partial charge in [-0.2, -0.15) is 0 Å². The van der Waals surface area contributed by atoms with E-state index in [0.717, 1.165) is 12.8 Å². The summed E-state index contributed by atoms with van der Waals surface area (Å²) >= 11 is 1.30. The van der Waals surface area contributed by atoms with Gasteiger partial charge < -0.3 is 9.64 Å². The lowest BCUT2D eigenvalue weighted by Crippen LogP contribution is -2.53. The lowest BCUT2D eigenvalue weighted by Gasteiger charge is -2.39. The van der Waals surface area contributed by atoms with Crippen LogP contribution in [-0.4, -0.2) is 39.9 Å². The van der Waals surface area contributed by atoms with E-state index < -0.39 is 11.6 Å². The first-order valence-corrected chi connectivity index (χ1v) is 8.10. The number of amides is 1. The molecule has 6 heteroatoms. The fraction of sp³-hybridized carbons (Fsp3) is 0.667. The van der Waals surface area contributed by atoms with E-state index in [1.165, 1.54) is 11.3 Å². The molecule has 1 aliphatic heterocycles. The Morgan fingerprint density at radius 1 is 1.43 bits per heavy atom. The van der Waals surface area contributed by atoms with Crippen LogP contribution in [0.4, 0.5) is 0 Å². The minimum atomic E-state index is -0.548. The van der Waals surface area contributed by atoms with E-state index in [1.54, 1.807) is 16.6 Å². The zero-order valence-corrected chi connectivity index (χ0v) is 13.8. The molecule has 5 nitrogen and oxygen atoms in total. The number of nitrogens with zero attached hydrogens (tertiary/aromatic N) is 2. The molecule has 1 aliphatic rings. The molecular formula is C15H22N2O3S. The van der Waals surface area contributed by atoms with Gasteiger partial charge in [0.2, 0.25) is 0 Å². The van der Waals surface area contributed by atoms with E-state index in [-0.39, 0.29) is 17.8 Å². The van der Waals surface area contributed by atoms with Gasteiger partial charge in [-0.05, 0) is 39.5 Å². The minimum Gasteiger partial charge on any atom is -0.458 e. The van der Waals surface area contributed by atoms with Crippen LogP contribution in [0.2, 0.25) is 0 Å². The van der Waals surface area contributed by atoms with E-state index in [4.69, 9.17) is 4.74 Å². The number of carbonyl (C=O) groups is 2.